The van der Waals surface area contributed by atoms with Crippen LogP contribution in [0.4, 0.5) is 0 Å². The number of nitrogens with two attached hydrogens (primary N) is 1. The molecule has 7 heteroatoms. The fourth-order valence-corrected chi connectivity index (χ4v) is 1.69. The Bertz CT molecular complexity index is 541. The van der Waals surface area contributed by atoms with E-state index in [1.165, 1.54) is 14.2 Å². The molecule has 0 fully saturated rings. The molecule has 0 saturated carbocycles. The number of carbonyl (C=O) groups excluding carboxylic acids is 1. The van der Waals surface area contributed by atoms with E-state index in [-0.39, 0.29) is 18.3 Å². The van der Waals surface area contributed by atoms with Gasteiger partial charge in [0.25, 0.3) is 5.91 Å². The third-order valence-electron chi connectivity index (χ3n) is 3.14. The standard InChI is InChI=1S/C14H21N3O4/c1-14(2,13(15)17-19)8-16-12(18)9-6-5-7-10(20-3)11(9)21-4/h5-7,19H,8H2,1-4H3,(H2,15,17)(H,16,18). The molecule has 1 rings (SSSR count). The molecule has 0 atom stereocenters. The number of para-hydroxylation sites is 1. The molecule has 7 nitrogen and oxygen atoms in total. The Hall–Kier alpha value is -2.44. The molecule has 1 aromatic carbocycles. The zero-order chi connectivity index (χ0) is 16.0. The summed E-state index contributed by atoms with van der Waals surface area (Å²) < 4.78 is 10.4. The molecular weight excluding hydrogens is 274 g/mol. The van der Waals surface area contributed by atoms with Crippen molar-refractivity contribution < 1.29 is 19.5 Å². The van der Waals surface area contributed by atoms with E-state index in [2.05, 4.69) is 10.5 Å². The lowest BCUT2D eigenvalue weighted by Gasteiger charge is -2.23. The van der Waals surface area contributed by atoms with Crippen LogP contribution in [-0.2, 0) is 0 Å². The van der Waals surface area contributed by atoms with Crippen LogP contribution in [0.2, 0.25) is 0 Å². The summed E-state index contributed by atoms with van der Waals surface area (Å²) in [6.45, 7) is 3.72. The van der Waals surface area contributed by atoms with Gasteiger partial charge in [-0.15, -0.1) is 0 Å². The van der Waals surface area contributed by atoms with Gasteiger partial charge in [-0.3, -0.25) is 4.79 Å². The molecule has 0 radical (unpaired) electrons. The van der Waals surface area contributed by atoms with Crippen molar-refractivity contribution in [3.05, 3.63) is 23.8 Å². The summed E-state index contributed by atoms with van der Waals surface area (Å²) >= 11 is 0. The number of nitrogens with zero attached hydrogens (tertiary/aromatic N) is 1. The normalized spacial score (nSPS) is 11.9. The monoisotopic (exact) mass is 295 g/mol. The first kappa shape index (κ1) is 16.6. The molecule has 0 aliphatic heterocycles. The van der Waals surface area contributed by atoms with E-state index in [1.807, 2.05) is 0 Å². The van der Waals surface area contributed by atoms with E-state index in [9.17, 15) is 4.79 Å². The lowest BCUT2D eigenvalue weighted by atomic mass is 9.92. The second-order valence-electron chi connectivity index (χ2n) is 5.09. The summed E-state index contributed by atoms with van der Waals surface area (Å²) in [4.78, 5) is 12.3. The van der Waals surface area contributed by atoms with Gasteiger partial charge in [-0.05, 0) is 12.1 Å². The summed E-state index contributed by atoms with van der Waals surface area (Å²) in [5, 5.41) is 14.4. The number of benzene rings is 1. The Morgan fingerprint density at radius 1 is 1.38 bits per heavy atom. The van der Waals surface area contributed by atoms with Crippen molar-refractivity contribution >= 4 is 11.7 Å². The summed E-state index contributed by atoms with van der Waals surface area (Å²) in [6, 6.07) is 5.04. The Balaban J connectivity index is 2.91. The van der Waals surface area contributed by atoms with E-state index < -0.39 is 5.41 Å². The maximum atomic E-state index is 12.3. The number of hydrogen-bond acceptors (Lipinski definition) is 5. The molecule has 4 N–H and O–H groups in total. The number of ether oxygens (including phenoxy) is 2. The van der Waals surface area contributed by atoms with Gasteiger partial charge in [0.15, 0.2) is 11.5 Å². The van der Waals surface area contributed by atoms with E-state index >= 15 is 0 Å². The van der Waals surface area contributed by atoms with Crippen LogP contribution in [0, 0.1) is 5.41 Å². The molecule has 0 aromatic heterocycles. The van der Waals surface area contributed by atoms with Gasteiger partial charge in [0, 0.05) is 12.0 Å². The van der Waals surface area contributed by atoms with Gasteiger partial charge >= 0.3 is 0 Å². The molecule has 0 heterocycles. The molecule has 0 aliphatic rings. The average Bonchev–Trinajstić information content (AvgIpc) is 2.50. The first-order valence-corrected chi connectivity index (χ1v) is 6.34. The molecule has 116 valence electrons. The minimum atomic E-state index is -0.670. The van der Waals surface area contributed by atoms with Crippen LogP contribution in [0.3, 0.4) is 0 Å². The van der Waals surface area contributed by atoms with Crippen LogP contribution in [0.25, 0.3) is 0 Å². The van der Waals surface area contributed by atoms with Gasteiger partial charge in [-0.25, -0.2) is 0 Å². The van der Waals surface area contributed by atoms with Crippen molar-refractivity contribution in [1.29, 1.82) is 0 Å². The van der Waals surface area contributed by atoms with Gasteiger partial charge in [0.2, 0.25) is 0 Å². The first-order valence-electron chi connectivity index (χ1n) is 6.34. The highest BCUT2D eigenvalue weighted by molar-refractivity contribution is 5.98. The molecule has 0 aliphatic carbocycles. The number of nitrogens with one attached hydrogen (secondary N) is 1. The van der Waals surface area contributed by atoms with Crippen molar-refractivity contribution in [3.63, 3.8) is 0 Å². The third-order valence-corrected chi connectivity index (χ3v) is 3.14. The van der Waals surface area contributed by atoms with Crippen molar-refractivity contribution in [1.82, 2.24) is 5.32 Å². The van der Waals surface area contributed by atoms with Crippen LogP contribution in [0.15, 0.2) is 23.4 Å². The Morgan fingerprint density at radius 2 is 2.05 bits per heavy atom. The van der Waals surface area contributed by atoms with E-state index in [0.717, 1.165) is 0 Å². The first-order chi connectivity index (χ1) is 9.87. The van der Waals surface area contributed by atoms with Gasteiger partial charge < -0.3 is 25.7 Å². The Morgan fingerprint density at radius 3 is 2.57 bits per heavy atom. The molecule has 0 saturated heterocycles. The fourth-order valence-electron chi connectivity index (χ4n) is 1.69. The summed E-state index contributed by atoms with van der Waals surface area (Å²) in [5.41, 5.74) is 5.27. The second kappa shape index (κ2) is 6.83. The number of hydrogen-bond donors (Lipinski definition) is 3. The van der Waals surface area contributed by atoms with Crippen molar-refractivity contribution in [2.75, 3.05) is 20.8 Å². The van der Waals surface area contributed by atoms with Gasteiger partial charge in [-0.2, -0.15) is 0 Å². The quantitative estimate of drug-likeness (QED) is 0.316. The second-order valence-corrected chi connectivity index (χ2v) is 5.09. The lowest BCUT2D eigenvalue weighted by Crippen LogP contribution is -2.42. The lowest BCUT2D eigenvalue weighted by molar-refractivity contribution is 0.0940. The summed E-state index contributed by atoms with van der Waals surface area (Å²) in [6.07, 6.45) is 0. The number of oxime groups is 1. The third kappa shape index (κ3) is 3.77. The molecule has 21 heavy (non-hydrogen) atoms. The molecule has 0 unspecified atom stereocenters. The molecule has 1 amide bonds. The average molecular weight is 295 g/mol. The number of methoxy groups -OCH3 is 2. The minimum absolute atomic E-state index is 0.0420. The Labute approximate surface area is 123 Å². The number of amidine groups is 1. The van der Waals surface area contributed by atoms with E-state index in [4.69, 9.17) is 20.4 Å². The van der Waals surface area contributed by atoms with Crippen LogP contribution in [0.5, 0.6) is 11.5 Å². The van der Waals surface area contributed by atoms with E-state index in [0.29, 0.717) is 17.1 Å². The SMILES string of the molecule is COc1cccc(C(=O)NCC(C)(C)/C(N)=N/O)c1OC. The number of rotatable bonds is 6. The highest BCUT2D eigenvalue weighted by Crippen LogP contribution is 2.30. The van der Waals surface area contributed by atoms with Gasteiger partial charge in [0.1, 0.15) is 5.84 Å². The molecular formula is C14H21N3O4. The maximum Gasteiger partial charge on any atom is 0.255 e. The smallest absolute Gasteiger partial charge is 0.255 e. The van der Waals surface area contributed by atoms with Crippen LogP contribution < -0.4 is 20.5 Å². The highest BCUT2D eigenvalue weighted by atomic mass is 16.5. The predicted molar refractivity (Wildman–Crippen MR) is 79.1 cm³/mol. The van der Waals surface area contributed by atoms with Crippen molar-refractivity contribution in [2.45, 2.75) is 13.8 Å². The molecule has 0 spiro atoms. The van der Waals surface area contributed by atoms with Crippen molar-refractivity contribution in [3.8, 4) is 11.5 Å². The fraction of sp³-hybridized carbons (Fsp3) is 0.429. The Kier molecular flexibility index (Phi) is 5.40. The van der Waals surface area contributed by atoms with Gasteiger partial charge in [-0.1, -0.05) is 25.1 Å². The van der Waals surface area contributed by atoms with Crippen LogP contribution in [0.1, 0.15) is 24.2 Å². The zero-order valence-electron chi connectivity index (χ0n) is 12.6. The topological polar surface area (TPSA) is 106 Å². The maximum absolute atomic E-state index is 12.3. The van der Waals surface area contributed by atoms with E-state index in [1.54, 1.807) is 32.0 Å². The number of amides is 1. The summed E-state index contributed by atoms with van der Waals surface area (Å²) in [5.74, 6) is 0.546. The van der Waals surface area contributed by atoms with Gasteiger partial charge in [0.05, 0.1) is 19.8 Å². The molecule has 1 aromatic rings. The minimum Gasteiger partial charge on any atom is -0.493 e. The molecule has 0 bridgehead atoms. The zero-order valence-corrected chi connectivity index (χ0v) is 12.6. The van der Waals surface area contributed by atoms with Crippen molar-refractivity contribution in [2.24, 2.45) is 16.3 Å². The predicted octanol–water partition coefficient (Wildman–Crippen LogP) is 1.21. The highest BCUT2D eigenvalue weighted by Gasteiger charge is 2.25. The number of carbonyl (C=O) groups is 1. The summed E-state index contributed by atoms with van der Waals surface area (Å²) in [7, 11) is 2.97. The van der Waals surface area contributed by atoms with Crippen LogP contribution in [-0.4, -0.2) is 37.7 Å². The van der Waals surface area contributed by atoms with Crippen LogP contribution >= 0.6 is 0 Å². The largest absolute Gasteiger partial charge is 0.493 e.